The predicted octanol–water partition coefficient (Wildman–Crippen LogP) is 2.52. The van der Waals surface area contributed by atoms with Crippen LogP contribution >= 0.6 is 11.3 Å². The van der Waals surface area contributed by atoms with E-state index in [-0.39, 0.29) is 17.6 Å². The molecule has 2 saturated heterocycles. The van der Waals surface area contributed by atoms with E-state index in [0.29, 0.717) is 31.0 Å². The Labute approximate surface area is 167 Å². The first-order valence-electron chi connectivity index (χ1n) is 9.70. The average molecular weight is 404 g/mol. The second kappa shape index (κ2) is 8.14. The van der Waals surface area contributed by atoms with Crippen molar-refractivity contribution in [1.29, 1.82) is 0 Å². The second-order valence-corrected chi connectivity index (χ2v) is 8.48. The summed E-state index contributed by atoms with van der Waals surface area (Å²) in [4.78, 5) is 34.0. The van der Waals surface area contributed by atoms with Crippen LogP contribution in [-0.4, -0.2) is 53.5 Å². The van der Waals surface area contributed by atoms with Crippen LogP contribution < -0.4 is 5.63 Å². The number of amides is 1. The van der Waals surface area contributed by atoms with Gasteiger partial charge in [0.1, 0.15) is 17.4 Å². The smallest absolute Gasteiger partial charge is 0.349 e. The Morgan fingerprint density at radius 2 is 2.07 bits per heavy atom. The van der Waals surface area contributed by atoms with Gasteiger partial charge in [-0.1, -0.05) is 0 Å². The quantitative estimate of drug-likeness (QED) is 0.781. The van der Waals surface area contributed by atoms with Crippen LogP contribution in [0.2, 0.25) is 0 Å². The number of piperazine rings is 1. The molecular formula is C20H25N3O4S. The number of nitrogens with zero attached hydrogens (tertiary/aromatic N) is 3. The van der Waals surface area contributed by atoms with Crippen molar-refractivity contribution in [3.8, 4) is 0 Å². The van der Waals surface area contributed by atoms with Crippen LogP contribution in [0.5, 0.6) is 0 Å². The lowest BCUT2D eigenvalue weighted by atomic mass is 10.1. The van der Waals surface area contributed by atoms with Crippen molar-refractivity contribution < 1.29 is 13.9 Å². The zero-order chi connectivity index (χ0) is 19.7. The van der Waals surface area contributed by atoms with E-state index in [1.54, 1.807) is 29.2 Å². The van der Waals surface area contributed by atoms with Crippen LogP contribution in [0.3, 0.4) is 0 Å². The summed E-state index contributed by atoms with van der Waals surface area (Å²) in [6.07, 6.45) is 1.63. The summed E-state index contributed by atoms with van der Waals surface area (Å²) >= 11 is 1.65. The molecule has 1 unspecified atom stereocenters. The number of carbonyl (C=O) groups excluding carboxylic acids is 1. The molecule has 2 aromatic rings. The monoisotopic (exact) mass is 403 g/mol. The van der Waals surface area contributed by atoms with E-state index in [9.17, 15) is 9.59 Å². The Morgan fingerprint density at radius 3 is 2.68 bits per heavy atom. The van der Waals surface area contributed by atoms with Gasteiger partial charge < -0.3 is 14.1 Å². The molecule has 0 bridgehead atoms. The van der Waals surface area contributed by atoms with Crippen LogP contribution in [0, 0.1) is 13.8 Å². The summed E-state index contributed by atoms with van der Waals surface area (Å²) in [5.74, 6) is 0.286. The topological polar surface area (TPSA) is 75.9 Å². The van der Waals surface area contributed by atoms with E-state index < -0.39 is 5.63 Å². The van der Waals surface area contributed by atoms with Crippen molar-refractivity contribution in [3.63, 3.8) is 0 Å². The molecule has 8 heteroatoms. The molecule has 2 aliphatic heterocycles. The number of aromatic nitrogens is 1. The molecule has 1 amide bonds. The summed E-state index contributed by atoms with van der Waals surface area (Å²) in [6.45, 7) is 7.98. The van der Waals surface area contributed by atoms with Gasteiger partial charge in [0.15, 0.2) is 0 Å². The Hall–Kier alpha value is -2.03. The molecule has 0 spiro atoms. The molecule has 4 heterocycles. The maximum atomic E-state index is 12.9. The molecule has 0 radical (unpaired) electrons. The van der Waals surface area contributed by atoms with Crippen LogP contribution in [0.15, 0.2) is 20.7 Å². The summed E-state index contributed by atoms with van der Waals surface area (Å²) in [5, 5.41) is 3.15. The highest BCUT2D eigenvalue weighted by atomic mass is 32.1. The molecule has 0 aliphatic carbocycles. The lowest BCUT2D eigenvalue weighted by Gasteiger charge is -2.34. The van der Waals surface area contributed by atoms with Crippen molar-refractivity contribution in [2.24, 2.45) is 0 Å². The molecule has 2 fully saturated rings. The van der Waals surface area contributed by atoms with Crippen LogP contribution in [-0.2, 0) is 11.3 Å². The second-order valence-electron chi connectivity index (χ2n) is 7.42. The van der Waals surface area contributed by atoms with E-state index in [2.05, 4.69) is 15.3 Å². The fourth-order valence-electron chi connectivity index (χ4n) is 3.83. The first-order valence-corrected chi connectivity index (χ1v) is 10.6. The van der Waals surface area contributed by atoms with E-state index in [0.717, 1.165) is 43.2 Å². The van der Waals surface area contributed by atoms with Crippen molar-refractivity contribution in [3.05, 3.63) is 49.5 Å². The van der Waals surface area contributed by atoms with Crippen molar-refractivity contribution in [1.82, 2.24) is 14.8 Å². The Bertz CT molecular complexity index is 908. The summed E-state index contributed by atoms with van der Waals surface area (Å²) < 4.78 is 11.0. The highest BCUT2D eigenvalue weighted by Gasteiger charge is 2.28. The largest absolute Gasteiger partial charge is 0.424 e. The van der Waals surface area contributed by atoms with E-state index in [1.807, 2.05) is 6.92 Å². The lowest BCUT2D eigenvalue weighted by molar-refractivity contribution is 0.0616. The number of aryl methyl sites for hydroxylation is 2. The van der Waals surface area contributed by atoms with Gasteiger partial charge >= 0.3 is 5.63 Å². The number of hydrogen-bond donors (Lipinski definition) is 0. The fraction of sp³-hybridized carbons (Fsp3) is 0.550. The molecular weight excluding hydrogens is 378 g/mol. The highest BCUT2D eigenvalue weighted by molar-refractivity contribution is 7.09. The van der Waals surface area contributed by atoms with E-state index in [4.69, 9.17) is 9.15 Å². The van der Waals surface area contributed by atoms with E-state index >= 15 is 0 Å². The average Bonchev–Trinajstić information content (AvgIpc) is 3.33. The van der Waals surface area contributed by atoms with Crippen molar-refractivity contribution in [2.45, 2.75) is 39.3 Å². The predicted molar refractivity (Wildman–Crippen MR) is 106 cm³/mol. The van der Waals surface area contributed by atoms with Gasteiger partial charge in [-0.15, -0.1) is 11.3 Å². The molecule has 28 heavy (non-hydrogen) atoms. The molecule has 2 aromatic heterocycles. The van der Waals surface area contributed by atoms with Crippen LogP contribution in [0.4, 0.5) is 0 Å². The lowest BCUT2D eigenvalue weighted by Crippen LogP contribution is -2.49. The normalized spacial score (nSPS) is 20.6. The van der Waals surface area contributed by atoms with Gasteiger partial charge in [-0.3, -0.25) is 9.69 Å². The van der Waals surface area contributed by atoms with Gasteiger partial charge in [0, 0.05) is 44.7 Å². The maximum Gasteiger partial charge on any atom is 0.349 e. The molecule has 2 aliphatic rings. The minimum Gasteiger partial charge on any atom is -0.424 e. The zero-order valence-electron chi connectivity index (χ0n) is 16.3. The fourth-order valence-corrected chi connectivity index (χ4v) is 4.43. The number of carbonyl (C=O) groups is 1. The molecule has 0 aromatic carbocycles. The Balaban J connectivity index is 1.41. The summed E-state index contributed by atoms with van der Waals surface area (Å²) in [7, 11) is 0. The molecule has 1 atom stereocenters. The summed E-state index contributed by atoms with van der Waals surface area (Å²) in [6, 6.07) is 1.78. The number of hydrogen-bond acceptors (Lipinski definition) is 7. The number of thiazole rings is 1. The van der Waals surface area contributed by atoms with Gasteiger partial charge in [-0.05, 0) is 38.3 Å². The van der Waals surface area contributed by atoms with Gasteiger partial charge in [-0.25, -0.2) is 9.78 Å². The van der Waals surface area contributed by atoms with Gasteiger partial charge in [0.25, 0.3) is 5.91 Å². The molecule has 7 nitrogen and oxygen atoms in total. The molecule has 150 valence electrons. The van der Waals surface area contributed by atoms with Crippen molar-refractivity contribution in [2.75, 3.05) is 32.8 Å². The van der Waals surface area contributed by atoms with Gasteiger partial charge in [0.2, 0.25) is 0 Å². The number of rotatable bonds is 4. The van der Waals surface area contributed by atoms with Crippen LogP contribution in [0.25, 0.3) is 0 Å². The van der Waals surface area contributed by atoms with Crippen molar-refractivity contribution >= 4 is 17.2 Å². The summed E-state index contributed by atoms with van der Waals surface area (Å²) in [5.41, 5.74) is 1.32. The Kier molecular flexibility index (Phi) is 5.61. The third kappa shape index (κ3) is 4.04. The van der Waals surface area contributed by atoms with Crippen LogP contribution in [0.1, 0.15) is 51.3 Å². The first-order chi connectivity index (χ1) is 13.5. The van der Waals surface area contributed by atoms with Gasteiger partial charge in [0.05, 0.1) is 10.7 Å². The third-order valence-electron chi connectivity index (χ3n) is 5.34. The maximum absolute atomic E-state index is 12.9. The highest BCUT2D eigenvalue weighted by Crippen LogP contribution is 2.28. The molecule has 0 N–H and O–H groups in total. The third-order valence-corrected chi connectivity index (χ3v) is 6.16. The standard InChI is InChI=1S/C20H25N3O4S/c1-13-10-17(16-4-3-9-26-16)27-20(25)18(13)19(24)23-7-5-22(6-8-23)11-15-12-28-14(2)21-15/h10,12,16H,3-9,11H2,1-2H3. The SMILES string of the molecule is Cc1nc(CN2CCN(C(=O)c3c(C)cc(C4CCCO4)oc3=O)CC2)cs1. The minimum absolute atomic E-state index is 0.144. The minimum atomic E-state index is -0.559. The molecule has 0 saturated carbocycles. The van der Waals surface area contributed by atoms with E-state index in [1.165, 1.54) is 0 Å². The van der Waals surface area contributed by atoms with Gasteiger partial charge in [-0.2, -0.15) is 0 Å². The zero-order valence-corrected chi connectivity index (χ0v) is 17.1. The first kappa shape index (κ1) is 19.3. The Morgan fingerprint density at radius 1 is 1.29 bits per heavy atom. The number of ether oxygens (including phenoxy) is 1. The molecule has 4 rings (SSSR count).